The molecule has 1 aromatic rings. The van der Waals surface area contributed by atoms with Gasteiger partial charge in [-0.05, 0) is 56.9 Å². The molecule has 0 amide bonds. The molecule has 1 atom stereocenters. The fourth-order valence-corrected chi connectivity index (χ4v) is 2.70. The van der Waals surface area contributed by atoms with E-state index in [2.05, 4.69) is 6.92 Å². The zero-order chi connectivity index (χ0) is 20.3. The van der Waals surface area contributed by atoms with Gasteiger partial charge in [-0.1, -0.05) is 27.2 Å². The number of anilines is 1. The van der Waals surface area contributed by atoms with E-state index in [-0.39, 0.29) is 30.0 Å². The molecule has 0 fully saturated rings. The van der Waals surface area contributed by atoms with E-state index < -0.39 is 6.04 Å². The number of carbonyl (C=O) groups excluding carboxylic acids is 3. The maximum atomic E-state index is 13.8. The molecule has 1 aromatic carbocycles. The smallest absolute Gasteiger partial charge is 0.373 e. The van der Waals surface area contributed by atoms with Crippen LogP contribution in [0.15, 0.2) is 18.2 Å². The van der Waals surface area contributed by atoms with Crippen LogP contribution in [-0.2, 0) is 19.1 Å². The van der Waals surface area contributed by atoms with Gasteiger partial charge in [-0.25, -0.2) is 9.18 Å². The number of benzene rings is 1. The van der Waals surface area contributed by atoms with Gasteiger partial charge in [0.05, 0.1) is 6.10 Å². The highest BCUT2D eigenvalue weighted by Gasteiger charge is 2.31. The molecule has 0 radical (unpaired) electrons. The van der Waals surface area contributed by atoms with Crippen molar-refractivity contribution in [3.05, 3.63) is 29.6 Å². The molecule has 0 aromatic heterocycles. The van der Waals surface area contributed by atoms with Crippen LogP contribution in [0.5, 0.6) is 0 Å². The van der Waals surface area contributed by atoms with Gasteiger partial charge in [-0.3, -0.25) is 0 Å². The Bertz CT molecular complexity index is 575. The molecule has 0 aliphatic carbocycles. The second kappa shape index (κ2) is 12.2. The zero-order valence-corrected chi connectivity index (χ0v) is 16.5. The van der Waals surface area contributed by atoms with Crippen LogP contribution >= 0.6 is 0 Å². The van der Waals surface area contributed by atoms with Gasteiger partial charge >= 0.3 is 12.1 Å². The Kier molecular flexibility index (Phi) is 11.2. The molecule has 1 unspecified atom stereocenters. The lowest BCUT2D eigenvalue weighted by Gasteiger charge is -2.35. The number of nitrogens with zero attached hydrogens (tertiary/aromatic N) is 1. The molecule has 6 heteroatoms. The fourth-order valence-electron chi connectivity index (χ4n) is 2.70. The second-order valence-corrected chi connectivity index (χ2v) is 6.79. The third-order valence-electron chi connectivity index (χ3n) is 3.67. The summed E-state index contributed by atoms with van der Waals surface area (Å²) in [5, 5.41) is 0. The largest absolute Gasteiger partial charge is 0.461 e. The van der Waals surface area contributed by atoms with Crippen molar-refractivity contribution in [1.82, 2.24) is 0 Å². The van der Waals surface area contributed by atoms with Crippen LogP contribution in [0.4, 0.5) is 10.1 Å². The molecule has 0 aliphatic rings. The van der Waals surface area contributed by atoms with Crippen molar-refractivity contribution < 1.29 is 23.5 Å². The highest BCUT2D eigenvalue weighted by Crippen LogP contribution is 2.25. The molecule has 1 rings (SSSR count). The number of carbonyl (C=O) groups is 1. The van der Waals surface area contributed by atoms with E-state index in [1.807, 2.05) is 45.6 Å². The summed E-state index contributed by atoms with van der Waals surface area (Å²) in [7, 11) is 0. The Morgan fingerprint density at radius 3 is 2.19 bits per heavy atom. The minimum absolute atomic E-state index is 0.0710. The SMILES string of the molecule is CCCCN(c1cc(C)cc(F)c1)C(C(=O)OC(C)C)C(C)C.O=C=O. The Morgan fingerprint density at radius 2 is 1.77 bits per heavy atom. The van der Waals surface area contributed by atoms with Crippen molar-refractivity contribution in [2.45, 2.75) is 66.5 Å². The summed E-state index contributed by atoms with van der Waals surface area (Å²) in [5.41, 5.74) is 1.59. The molecule has 0 bridgehead atoms. The predicted octanol–water partition coefficient (Wildman–Crippen LogP) is 4.13. The highest BCUT2D eigenvalue weighted by atomic mass is 19.1. The van der Waals surface area contributed by atoms with Gasteiger partial charge < -0.3 is 9.64 Å². The zero-order valence-electron chi connectivity index (χ0n) is 16.5. The van der Waals surface area contributed by atoms with E-state index in [0.717, 1.165) is 24.1 Å². The molecule has 0 aliphatic heterocycles. The number of ether oxygens (including phenoxy) is 1. The molecule has 0 saturated carbocycles. The third-order valence-corrected chi connectivity index (χ3v) is 3.67. The number of unbranched alkanes of at least 4 members (excludes halogenated alkanes) is 1. The molecule has 146 valence electrons. The van der Waals surface area contributed by atoms with Gasteiger partial charge in [-0.2, -0.15) is 9.59 Å². The average Bonchev–Trinajstić information content (AvgIpc) is 2.49. The standard InChI is InChI=1S/C19H30FNO2.CO2/c1-7-8-9-21(17-11-15(6)10-16(20)12-17)18(13(2)3)19(22)23-14(4)5;2-1-3/h10-14,18H,7-9H2,1-6H3;. The fraction of sp³-hybridized carbons (Fsp3) is 0.600. The summed E-state index contributed by atoms with van der Waals surface area (Å²) in [6.07, 6.45) is 2.04. The summed E-state index contributed by atoms with van der Waals surface area (Å²) in [5.74, 6) is -0.448. The van der Waals surface area contributed by atoms with E-state index in [1.165, 1.54) is 12.1 Å². The lowest BCUT2D eigenvalue weighted by atomic mass is 10.0. The minimum atomic E-state index is -0.412. The van der Waals surface area contributed by atoms with Crippen molar-refractivity contribution in [3.63, 3.8) is 0 Å². The molecule has 0 spiro atoms. The van der Waals surface area contributed by atoms with E-state index in [4.69, 9.17) is 14.3 Å². The number of aryl methyl sites for hydroxylation is 1. The van der Waals surface area contributed by atoms with Crippen molar-refractivity contribution >= 4 is 17.8 Å². The van der Waals surface area contributed by atoms with Gasteiger partial charge in [-0.15, -0.1) is 0 Å². The molecular weight excluding hydrogens is 337 g/mol. The monoisotopic (exact) mass is 367 g/mol. The first-order valence-electron chi connectivity index (χ1n) is 8.91. The van der Waals surface area contributed by atoms with Gasteiger partial charge in [0.25, 0.3) is 0 Å². The summed E-state index contributed by atoms with van der Waals surface area (Å²) in [6, 6.07) is 4.51. The van der Waals surface area contributed by atoms with Crippen LogP contribution < -0.4 is 4.90 Å². The minimum Gasteiger partial charge on any atom is -0.461 e. The van der Waals surface area contributed by atoms with Crippen molar-refractivity contribution in [3.8, 4) is 0 Å². The van der Waals surface area contributed by atoms with E-state index >= 15 is 0 Å². The number of rotatable bonds is 8. The van der Waals surface area contributed by atoms with Gasteiger partial charge in [0.15, 0.2) is 0 Å². The average molecular weight is 367 g/mol. The van der Waals surface area contributed by atoms with Crippen LogP contribution in [0.2, 0.25) is 0 Å². The summed E-state index contributed by atoms with van der Waals surface area (Å²) in [4.78, 5) is 30.8. The Balaban J connectivity index is 0.00000194. The van der Waals surface area contributed by atoms with Crippen LogP contribution in [0.25, 0.3) is 0 Å². The molecule has 5 nitrogen and oxygen atoms in total. The Labute approximate surface area is 155 Å². The molecule has 0 N–H and O–H groups in total. The van der Waals surface area contributed by atoms with Crippen LogP contribution in [0, 0.1) is 18.7 Å². The number of esters is 1. The predicted molar refractivity (Wildman–Crippen MR) is 98.3 cm³/mol. The van der Waals surface area contributed by atoms with Crippen LogP contribution in [0.1, 0.15) is 53.0 Å². The van der Waals surface area contributed by atoms with Gasteiger partial charge in [0.2, 0.25) is 0 Å². The maximum Gasteiger partial charge on any atom is 0.373 e. The molecule has 0 heterocycles. The Morgan fingerprint density at radius 1 is 1.19 bits per heavy atom. The van der Waals surface area contributed by atoms with Crippen molar-refractivity contribution in [1.29, 1.82) is 0 Å². The number of hydrogen-bond acceptors (Lipinski definition) is 5. The van der Waals surface area contributed by atoms with Crippen molar-refractivity contribution in [2.24, 2.45) is 5.92 Å². The second-order valence-electron chi connectivity index (χ2n) is 6.79. The molecule has 0 saturated heterocycles. The number of halogens is 1. The first-order chi connectivity index (χ1) is 12.2. The van der Waals surface area contributed by atoms with E-state index in [9.17, 15) is 9.18 Å². The van der Waals surface area contributed by atoms with Crippen molar-refractivity contribution in [2.75, 3.05) is 11.4 Å². The summed E-state index contributed by atoms with van der Waals surface area (Å²) < 4.78 is 19.3. The number of hydrogen-bond donors (Lipinski definition) is 0. The normalized spacial score (nSPS) is 11.4. The first-order valence-corrected chi connectivity index (χ1v) is 8.91. The maximum absolute atomic E-state index is 13.8. The summed E-state index contributed by atoms with van der Waals surface area (Å²) in [6.45, 7) is 12.4. The first kappa shape index (κ1) is 23.8. The summed E-state index contributed by atoms with van der Waals surface area (Å²) >= 11 is 0. The molecular formula is C20H30FNO4. The Hall–Kier alpha value is -2.20. The quantitative estimate of drug-likeness (QED) is 0.646. The topological polar surface area (TPSA) is 63.7 Å². The van der Waals surface area contributed by atoms with Crippen LogP contribution in [0.3, 0.4) is 0 Å². The lowest BCUT2D eigenvalue weighted by Crippen LogP contribution is -2.47. The van der Waals surface area contributed by atoms with Crippen LogP contribution in [-0.4, -0.2) is 30.8 Å². The van der Waals surface area contributed by atoms with Gasteiger partial charge in [0.1, 0.15) is 11.9 Å². The lowest BCUT2D eigenvalue weighted by molar-refractivity contribution is -0.191. The van der Waals surface area contributed by atoms with Gasteiger partial charge in [0, 0.05) is 12.2 Å². The molecule has 26 heavy (non-hydrogen) atoms. The highest BCUT2D eigenvalue weighted by molar-refractivity contribution is 5.80. The third kappa shape index (κ3) is 8.26. The van der Waals surface area contributed by atoms with E-state index in [0.29, 0.717) is 6.54 Å². The van der Waals surface area contributed by atoms with E-state index in [1.54, 1.807) is 0 Å².